The number of nitrogens with zero attached hydrogens (tertiary/aromatic N) is 1. The molecule has 1 amide bonds. The van der Waals surface area contributed by atoms with Crippen LogP contribution in [0.25, 0.3) is 11.0 Å². The molecule has 2 aromatic rings. The molecule has 4 rings (SSSR count). The van der Waals surface area contributed by atoms with Crippen molar-refractivity contribution < 1.29 is 4.79 Å². The lowest BCUT2D eigenvalue weighted by Crippen LogP contribution is -2.42. The van der Waals surface area contributed by atoms with Crippen LogP contribution < -0.4 is 11.0 Å². The van der Waals surface area contributed by atoms with Gasteiger partial charge in [-0.1, -0.05) is 6.07 Å². The van der Waals surface area contributed by atoms with Gasteiger partial charge in [-0.3, -0.25) is 4.79 Å². The standard InChI is InChI=1S/C18H24N4O2/c23-17(22-13-5-6-14(22)11-19-9-8-13)3-1-2-12-4-7-15-16(10-12)21-18(24)20-15/h4,7,10,13-14,19H,1-3,5-6,8-9,11H2,(H2,20,21,24). The molecule has 2 saturated heterocycles. The van der Waals surface area contributed by atoms with E-state index in [1.54, 1.807) is 0 Å². The third-order valence-corrected chi connectivity index (χ3v) is 5.38. The fourth-order valence-corrected chi connectivity index (χ4v) is 4.20. The topological polar surface area (TPSA) is 81.0 Å². The molecule has 2 atom stereocenters. The maximum absolute atomic E-state index is 12.7. The van der Waals surface area contributed by atoms with Crippen LogP contribution in [0.5, 0.6) is 0 Å². The first-order valence-electron chi connectivity index (χ1n) is 8.93. The molecule has 0 saturated carbocycles. The summed E-state index contributed by atoms with van der Waals surface area (Å²) in [7, 11) is 0. The van der Waals surface area contributed by atoms with E-state index in [1.807, 2.05) is 18.2 Å². The van der Waals surface area contributed by atoms with Crippen molar-refractivity contribution in [1.29, 1.82) is 0 Å². The van der Waals surface area contributed by atoms with Crippen molar-refractivity contribution in [3.8, 4) is 0 Å². The molecule has 2 aliphatic heterocycles. The monoisotopic (exact) mass is 328 g/mol. The molecule has 3 heterocycles. The third kappa shape index (κ3) is 2.98. The number of aromatic amines is 2. The number of nitrogens with one attached hydrogen (secondary N) is 3. The summed E-state index contributed by atoms with van der Waals surface area (Å²) in [4.78, 5) is 31.7. The summed E-state index contributed by atoms with van der Waals surface area (Å²) in [5.74, 6) is 0.308. The number of hydrogen-bond donors (Lipinski definition) is 3. The second-order valence-corrected chi connectivity index (χ2v) is 6.99. The van der Waals surface area contributed by atoms with E-state index in [0.29, 0.717) is 24.4 Å². The van der Waals surface area contributed by atoms with Crippen molar-refractivity contribution in [3.05, 3.63) is 34.2 Å². The van der Waals surface area contributed by atoms with Gasteiger partial charge in [-0.2, -0.15) is 0 Å². The minimum absolute atomic E-state index is 0.178. The predicted octanol–water partition coefficient (Wildman–Crippen LogP) is 1.53. The number of imidazole rings is 1. The number of fused-ring (bicyclic) bond motifs is 3. The van der Waals surface area contributed by atoms with Crippen LogP contribution in [0.2, 0.25) is 0 Å². The van der Waals surface area contributed by atoms with E-state index < -0.39 is 0 Å². The van der Waals surface area contributed by atoms with E-state index in [0.717, 1.165) is 61.8 Å². The first-order chi connectivity index (χ1) is 11.7. The first kappa shape index (κ1) is 15.4. The lowest BCUT2D eigenvalue weighted by Gasteiger charge is -2.28. The third-order valence-electron chi connectivity index (χ3n) is 5.38. The Bertz CT molecular complexity index is 780. The number of benzene rings is 1. The highest BCUT2D eigenvalue weighted by Gasteiger charge is 2.37. The Labute approximate surface area is 140 Å². The zero-order chi connectivity index (χ0) is 16.5. The number of carbonyl (C=O) groups is 1. The summed E-state index contributed by atoms with van der Waals surface area (Å²) < 4.78 is 0. The molecule has 3 N–H and O–H groups in total. The average Bonchev–Trinajstić information content (AvgIpc) is 3.04. The van der Waals surface area contributed by atoms with Crippen LogP contribution in [0, 0.1) is 0 Å². The summed E-state index contributed by atoms with van der Waals surface area (Å²) in [6.45, 7) is 1.97. The highest BCUT2D eigenvalue weighted by Crippen LogP contribution is 2.28. The number of hydrogen-bond acceptors (Lipinski definition) is 3. The summed E-state index contributed by atoms with van der Waals surface area (Å²) in [6, 6.07) is 6.78. The van der Waals surface area contributed by atoms with Crippen LogP contribution in [-0.4, -0.2) is 45.9 Å². The van der Waals surface area contributed by atoms with E-state index in [2.05, 4.69) is 20.2 Å². The fourth-order valence-electron chi connectivity index (χ4n) is 4.20. The molecular formula is C18H24N4O2. The van der Waals surface area contributed by atoms with Crippen molar-refractivity contribution in [2.45, 2.75) is 50.6 Å². The van der Waals surface area contributed by atoms with Crippen LogP contribution in [0.1, 0.15) is 37.7 Å². The van der Waals surface area contributed by atoms with Gasteiger partial charge in [-0.15, -0.1) is 0 Å². The first-order valence-corrected chi connectivity index (χ1v) is 8.93. The molecule has 24 heavy (non-hydrogen) atoms. The molecule has 2 bridgehead atoms. The molecule has 0 spiro atoms. The molecule has 128 valence electrons. The summed E-state index contributed by atoms with van der Waals surface area (Å²) in [6.07, 6.45) is 5.70. The maximum Gasteiger partial charge on any atom is 0.323 e. The van der Waals surface area contributed by atoms with Gasteiger partial charge in [0.25, 0.3) is 0 Å². The number of H-pyrrole nitrogens is 2. The highest BCUT2D eigenvalue weighted by molar-refractivity contribution is 5.77. The smallest absolute Gasteiger partial charge is 0.323 e. The second kappa shape index (κ2) is 6.43. The van der Waals surface area contributed by atoms with E-state index in [1.165, 1.54) is 0 Å². The van der Waals surface area contributed by atoms with Gasteiger partial charge >= 0.3 is 5.69 Å². The van der Waals surface area contributed by atoms with Gasteiger partial charge in [0.1, 0.15) is 0 Å². The van der Waals surface area contributed by atoms with E-state index in [-0.39, 0.29) is 5.69 Å². The molecule has 2 unspecified atom stereocenters. The predicted molar refractivity (Wildman–Crippen MR) is 93.0 cm³/mol. The molecule has 6 heteroatoms. The average molecular weight is 328 g/mol. The zero-order valence-electron chi connectivity index (χ0n) is 13.8. The van der Waals surface area contributed by atoms with Gasteiger partial charge in [0.2, 0.25) is 5.91 Å². The molecule has 0 radical (unpaired) electrons. The Morgan fingerprint density at radius 2 is 1.96 bits per heavy atom. The van der Waals surface area contributed by atoms with Crippen LogP contribution >= 0.6 is 0 Å². The Morgan fingerprint density at radius 1 is 1.12 bits per heavy atom. The van der Waals surface area contributed by atoms with Crippen molar-refractivity contribution in [2.24, 2.45) is 0 Å². The van der Waals surface area contributed by atoms with Gasteiger partial charge in [0.15, 0.2) is 0 Å². The lowest BCUT2D eigenvalue weighted by molar-refractivity contribution is -0.133. The molecule has 2 fully saturated rings. The summed E-state index contributed by atoms with van der Waals surface area (Å²) in [5, 5.41) is 3.44. The zero-order valence-corrected chi connectivity index (χ0v) is 13.8. The molecule has 2 aliphatic rings. The van der Waals surface area contributed by atoms with Crippen molar-refractivity contribution in [3.63, 3.8) is 0 Å². The van der Waals surface area contributed by atoms with Gasteiger partial charge < -0.3 is 20.2 Å². The Kier molecular flexibility index (Phi) is 4.14. The normalized spacial score (nSPS) is 23.6. The molecule has 6 nitrogen and oxygen atoms in total. The van der Waals surface area contributed by atoms with E-state index >= 15 is 0 Å². The number of rotatable bonds is 4. The fraction of sp³-hybridized carbons (Fsp3) is 0.556. The quantitative estimate of drug-likeness (QED) is 0.796. The van der Waals surface area contributed by atoms with Crippen molar-refractivity contribution >= 4 is 16.9 Å². The van der Waals surface area contributed by atoms with Gasteiger partial charge in [0.05, 0.1) is 11.0 Å². The maximum atomic E-state index is 12.7. The van der Waals surface area contributed by atoms with Crippen molar-refractivity contribution in [2.75, 3.05) is 13.1 Å². The Balaban J connectivity index is 1.36. The molecule has 1 aromatic heterocycles. The number of amides is 1. The van der Waals surface area contributed by atoms with Crippen LogP contribution in [0.4, 0.5) is 0 Å². The molecule has 0 aliphatic carbocycles. The van der Waals surface area contributed by atoms with Crippen LogP contribution in [0.3, 0.4) is 0 Å². The molecular weight excluding hydrogens is 304 g/mol. The van der Waals surface area contributed by atoms with Crippen LogP contribution in [0.15, 0.2) is 23.0 Å². The largest absolute Gasteiger partial charge is 0.335 e. The lowest BCUT2D eigenvalue weighted by atomic mass is 10.1. The van der Waals surface area contributed by atoms with Gasteiger partial charge in [-0.25, -0.2) is 4.79 Å². The Hall–Kier alpha value is -2.08. The second-order valence-electron chi connectivity index (χ2n) is 6.99. The van der Waals surface area contributed by atoms with E-state index in [9.17, 15) is 9.59 Å². The minimum Gasteiger partial charge on any atom is -0.335 e. The number of aromatic nitrogens is 2. The van der Waals surface area contributed by atoms with Crippen molar-refractivity contribution in [1.82, 2.24) is 20.2 Å². The summed E-state index contributed by atoms with van der Waals surface area (Å²) in [5.41, 5.74) is 2.64. The SMILES string of the molecule is O=C(CCCc1ccc2[nH]c(=O)[nH]c2c1)N1C2CCNCC1CC2. The number of carbonyl (C=O) groups excluding carboxylic acids is 1. The van der Waals surface area contributed by atoms with Gasteiger partial charge in [0, 0.05) is 25.0 Å². The van der Waals surface area contributed by atoms with Crippen LogP contribution in [-0.2, 0) is 11.2 Å². The van der Waals surface area contributed by atoms with E-state index in [4.69, 9.17) is 0 Å². The highest BCUT2D eigenvalue weighted by atomic mass is 16.2. The summed E-state index contributed by atoms with van der Waals surface area (Å²) >= 11 is 0. The molecule has 1 aromatic carbocycles. The van der Waals surface area contributed by atoms with Gasteiger partial charge in [-0.05, 0) is 56.3 Å². The number of aryl methyl sites for hydroxylation is 1. The minimum atomic E-state index is -0.178. The Morgan fingerprint density at radius 3 is 2.88 bits per heavy atom.